The molecule has 4 aromatic rings. The number of ether oxygens (including phenoxy) is 2. The van der Waals surface area contributed by atoms with Crippen LogP contribution in [0.15, 0.2) is 60.8 Å². The summed E-state index contributed by atoms with van der Waals surface area (Å²) in [6.07, 6.45) is 4.25. The number of hydrogen-bond acceptors (Lipinski definition) is 12. The number of rotatable bonds is 10. The minimum Gasteiger partial charge on any atom is -0.492 e. The van der Waals surface area contributed by atoms with Gasteiger partial charge in [0.15, 0.2) is 0 Å². The minimum atomic E-state index is -0.991. The first kappa shape index (κ1) is 32.7. The molecule has 51 heavy (non-hydrogen) atoms. The lowest BCUT2D eigenvalue weighted by molar-refractivity contribution is -0.136. The summed E-state index contributed by atoms with van der Waals surface area (Å²) >= 11 is 0. The van der Waals surface area contributed by atoms with Gasteiger partial charge in [0.1, 0.15) is 30.0 Å². The molecule has 14 nitrogen and oxygen atoms in total. The van der Waals surface area contributed by atoms with Gasteiger partial charge in [-0.15, -0.1) is 0 Å². The number of pyridine rings is 3. The van der Waals surface area contributed by atoms with Crippen LogP contribution >= 0.6 is 0 Å². The second kappa shape index (κ2) is 13.7. The molecule has 0 aliphatic carbocycles. The molecular formula is C37H38N8O6. The van der Waals surface area contributed by atoms with Crippen LogP contribution < -0.4 is 20.3 Å². The van der Waals surface area contributed by atoms with E-state index in [0.717, 1.165) is 84.5 Å². The summed E-state index contributed by atoms with van der Waals surface area (Å²) in [5.74, 6) is 0.0716. The van der Waals surface area contributed by atoms with Crippen LogP contribution in [0.2, 0.25) is 0 Å². The van der Waals surface area contributed by atoms with Gasteiger partial charge >= 0.3 is 0 Å². The van der Waals surface area contributed by atoms with Gasteiger partial charge in [0.25, 0.3) is 11.8 Å². The quantitative estimate of drug-likeness (QED) is 0.235. The number of aryl methyl sites for hydroxylation is 1. The molecule has 0 spiro atoms. The standard InChI is InChI=1S/C37H38N8O6/c1-22-18-23(10-13-38-22)39-32-7-4-30-29(40-32)5-8-33(41-30)44-20-26(21-44)51-24-11-14-43(15-12-24)16-17-50-25-2-3-27-28(19-25)37(49)45(36(27)48)31-6-9-34(46)42-35(31)47/h2-5,7-8,10,13,18-19,24,26,31H,6,9,11-12,14-17,20-21H2,1H3,(H,38,39,40)(H,42,46,47). The Balaban J connectivity index is 0.761. The number of likely N-dealkylation sites (tertiary alicyclic amines) is 1. The fraction of sp³-hybridized carbons (Fsp3) is 0.378. The van der Waals surface area contributed by atoms with Crippen molar-refractivity contribution in [3.63, 3.8) is 0 Å². The van der Waals surface area contributed by atoms with E-state index in [2.05, 4.69) is 25.4 Å². The van der Waals surface area contributed by atoms with E-state index in [1.807, 2.05) is 43.3 Å². The lowest BCUT2D eigenvalue weighted by Gasteiger charge is -2.43. The fourth-order valence-electron chi connectivity index (χ4n) is 7.10. The summed E-state index contributed by atoms with van der Waals surface area (Å²) in [7, 11) is 0. The third-order valence-corrected chi connectivity index (χ3v) is 9.88. The number of fused-ring (bicyclic) bond motifs is 2. The monoisotopic (exact) mass is 690 g/mol. The van der Waals surface area contributed by atoms with E-state index in [1.54, 1.807) is 24.4 Å². The summed E-state index contributed by atoms with van der Waals surface area (Å²) in [5.41, 5.74) is 4.01. The molecule has 4 aliphatic heterocycles. The summed E-state index contributed by atoms with van der Waals surface area (Å²) in [4.78, 5) is 69.2. The van der Waals surface area contributed by atoms with Crippen LogP contribution in [0.25, 0.3) is 11.0 Å². The van der Waals surface area contributed by atoms with Crippen LogP contribution in [0, 0.1) is 6.92 Å². The number of hydrogen-bond donors (Lipinski definition) is 2. The molecule has 2 N–H and O–H groups in total. The molecule has 0 bridgehead atoms. The maximum atomic E-state index is 13.1. The second-order valence-corrected chi connectivity index (χ2v) is 13.4. The average molecular weight is 691 g/mol. The zero-order valence-electron chi connectivity index (χ0n) is 28.2. The van der Waals surface area contributed by atoms with Crippen molar-refractivity contribution in [3.05, 3.63) is 77.6 Å². The highest BCUT2D eigenvalue weighted by molar-refractivity contribution is 6.23. The largest absolute Gasteiger partial charge is 0.492 e. The SMILES string of the molecule is Cc1cc(Nc2ccc3nc(N4CC(OC5CCN(CCOc6ccc7c(c6)C(=O)N(C6CCC(=O)NC6=O)C7=O)CC5)C4)ccc3n2)ccn1. The van der Waals surface area contributed by atoms with Crippen molar-refractivity contribution in [2.24, 2.45) is 0 Å². The maximum absolute atomic E-state index is 13.1. The van der Waals surface area contributed by atoms with Crippen LogP contribution in [-0.4, -0.2) is 106 Å². The fourth-order valence-corrected chi connectivity index (χ4v) is 7.10. The van der Waals surface area contributed by atoms with Crippen molar-refractivity contribution in [1.82, 2.24) is 30.1 Å². The van der Waals surface area contributed by atoms with Gasteiger partial charge in [-0.3, -0.25) is 39.3 Å². The third-order valence-electron chi connectivity index (χ3n) is 9.88. The molecule has 3 saturated heterocycles. The van der Waals surface area contributed by atoms with Crippen molar-refractivity contribution in [2.75, 3.05) is 49.5 Å². The average Bonchev–Trinajstić information content (AvgIpc) is 3.35. The van der Waals surface area contributed by atoms with Crippen molar-refractivity contribution in [3.8, 4) is 5.75 Å². The van der Waals surface area contributed by atoms with Crippen molar-refractivity contribution >= 4 is 52.0 Å². The van der Waals surface area contributed by atoms with Crippen LogP contribution in [0.5, 0.6) is 5.75 Å². The minimum absolute atomic E-state index is 0.0806. The number of nitrogens with one attached hydrogen (secondary N) is 2. The van der Waals surface area contributed by atoms with Gasteiger partial charge in [0.2, 0.25) is 11.8 Å². The molecular weight excluding hydrogens is 652 g/mol. The third kappa shape index (κ3) is 6.84. The number of anilines is 3. The van der Waals surface area contributed by atoms with E-state index in [9.17, 15) is 19.2 Å². The van der Waals surface area contributed by atoms with E-state index >= 15 is 0 Å². The predicted molar refractivity (Wildman–Crippen MR) is 187 cm³/mol. The summed E-state index contributed by atoms with van der Waals surface area (Å²) in [6, 6.07) is 15.7. The highest BCUT2D eigenvalue weighted by Gasteiger charge is 2.44. The number of benzene rings is 1. The summed E-state index contributed by atoms with van der Waals surface area (Å²) in [5, 5.41) is 5.54. The maximum Gasteiger partial charge on any atom is 0.262 e. The first-order valence-corrected chi connectivity index (χ1v) is 17.4. The molecule has 4 aliphatic rings. The van der Waals surface area contributed by atoms with E-state index in [4.69, 9.17) is 19.4 Å². The number of piperidine rings is 2. The number of nitrogens with zero attached hydrogens (tertiary/aromatic N) is 6. The van der Waals surface area contributed by atoms with E-state index < -0.39 is 29.7 Å². The molecule has 1 atom stereocenters. The number of amides is 4. The van der Waals surface area contributed by atoms with Gasteiger partial charge < -0.3 is 19.7 Å². The Bertz CT molecular complexity index is 2030. The predicted octanol–water partition coefficient (Wildman–Crippen LogP) is 3.23. The molecule has 4 amide bonds. The topological polar surface area (TPSA) is 159 Å². The molecule has 3 fully saturated rings. The zero-order chi connectivity index (χ0) is 35.1. The van der Waals surface area contributed by atoms with Crippen LogP contribution in [0.3, 0.4) is 0 Å². The molecule has 1 unspecified atom stereocenters. The summed E-state index contributed by atoms with van der Waals surface area (Å²) < 4.78 is 12.4. The molecule has 14 heteroatoms. The zero-order valence-corrected chi connectivity index (χ0v) is 28.2. The highest BCUT2D eigenvalue weighted by Crippen LogP contribution is 2.31. The van der Waals surface area contributed by atoms with Gasteiger partial charge in [0.05, 0.1) is 34.4 Å². The molecule has 0 saturated carbocycles. The lowest BCUT2D eigenvalue weighted by Crippen LogP contribution is -2.54. The second-order valence-electron chi connectivity index (χ2n) is 13.4. The van der Waals surface area contributed by atoms with E-state index in [1.165, 1.54) is 0 Å². The lowest BCUT2D eigenvalue weighted by atomic mass is 10.0. The van der Waals surface area contributed by atoms with Crippen molar-refractivity contribution < 1.29 is 28.7 Å². The van der Waals surface area contributed by atoms with Gasteiger partial charge in [-0.25, -0.2) is 9.97 Å². The van der Waals surface area contributed by atoms with E-state index in [0.29, 0.717) is 12.4 Å². The van der Waals surface area contributed by atoms with Gasteiger partial charge in [0, 0.05) is 56.7 Å². The van der Waals surface area contributed by atoms with Crippen molar-refractivity contribution in [2.45, 2.75) is 50.9 Å². The summed E-state index contributed by atoms with van der Waals surface area (Å²) in [6.45, 7) is 6.52. The number of carbonyl (C=O) groups is 4. The van der Waals surface area contributed by atoms with Gasteiger partial charge in [-0.05, 0) is 80.8 Å². The molecule has 1 aromatic carbocycles. The smallest absolute Gasteiger partial charge is 0.262 e. The first-order valence-electron chi connectivity index (χ1n) is 17.4. The first-order chi connectivity index (χ1) is 24.8. The number of imide groups is 2. The Morgan fingerprint density at radius 3 is 2.45 bits per heavy atom. The molecule has 262 valence electrons. The van der Waals surface area contributed by atoms with Gasteiger partial charge in [-0.1, -0.05) is 0 Å². The molecule has 8 rings (SSSR count). The van der Waals surface area contributed by atoms with Crippen LogP contribution in [-0.2, 0) is 14.3 Å². The normalized spacial score (nSPS) is 20.1. The van der Waals surface area contributed by atoms with Crippen molar-refractivity contribution in [1.29, 1.82) is 0 Å². The Morgan fingerprint density at radius 2 is 1.65 bits per heavy atom. The Hall–Kier alpha value is -5.47. The molecule has 7 heterocycles. The number of aromatic nitrogens is 3. The molecule has 3 aromatic heterocycles. The Labute approximate surface area is 294 Å². The number of carbonyl (C=O) groups excluding carboxylic acids is 4. The Kier molecular flexibility index (Phi) is 8.78. The van der Waals surface area contributed by atoms with E-state index in [-0.39, 0.29) is 36.2 Å². The highest BCUT2D eigenvalue weighted by atomic mass is 16.5. The van der Waals surface area contributed by atoms with Crippen LogP contribution in [0.1, 0.15) is 52.1 Å². The van der Waals surface area contributed by atoms with Gasteiger partial charge in [-0.2, -0.15) is 0 Å². The Morgan fingerprint density at radius 1 is 0.863 bits per heavy atom. The molecule has 0 radical (unpaired) electrons. The van der Waals surface area contributed by atoms with Crippen LogP contribution in [0.4, 0.5) is 17.3 Å².